The molecule has 0 saturated carbocycles. The third kappa shape index (κ3) is 1.82. The SMILES string of the molecule is O=C1/C(=C/c2cccs2)Sc2ccc3ccccc3c21. The second-order valence-corrected chi connectivity index (χ2v) is 6.68. The zero-order valence-corrected chi connectivity index (χ0v) is 12.1. The highest BCUT2D eigenvalue weighted by Crippen LogP contribution is 2.44. The quantitative estimate of drug-likeness (QED) is 0.572. The van der Waals surface area contributed by atoms with E-state index in [-0.39, 0.29) is 5.78 Å². The van der Waals surface area contributed by atoms with Gasteiger partial charge in [0.25, 0.3) is 0 Å². The monoisotopic (exact) mass is 294 g/mol. The Labute approximate surface area is 124 Å². The molecule has 1 aliphatic heterocycles. The fourth-order valence-corrected chi connectivity index (χ4v) is 4.25. The molecule has 0 bridgehead atoms. The fraction of sp³-hybridized carbons (Fsp3) is 0. The van der Waals surface area contributed by atoms with Gasteiger partial charge in [-0.2, -0.15) is 0 Å². The van der Waals surface area contributed by atoms with Gasteiger partial charge in [0.1, 0.15) is 0 Å². The summed E-state index contributed by atoms with van der Waals surface area (Å²) in [5, 5.41) is 4.20. The number of hydrogen-bond donors (Lipinski definition) is 0. The molecule has 0 N–H and O–H groups in total. The average Bonchev–Trinajstić information content (AvgIpc) is 3.08. The van der Waals surface area contributed by atoms with Gasteiger partial charge in [-0.1, -0.05) is 48.2 Å². The minimum absolute atomic E-state index is 0.148. The van der Waals surface area contributed by atoms with Crippen molar-refractivity contribution >= 4 is 45.7 Å². The first-order valence-corrected chi connectivity index (χ1v) is 8.02. The van der Waals surface area contributed by atoms with Crippen LogP contribution in [0.5, 0.6) is 0 Å². The van der Waals surface area contributed by atoms with E-state index in [9.17, 15) is 4.79 Å². The number of thioether (sulfide) groups is 1. The van der Waals surface area contributed by atoms with Gasteiger partial charge in [0, 0.05) is 15.3 Å². The highest BCUT2D eigenvalue weighted by molar-refractivity contribution is 8.05. The molecule has 1 aromatic heterocycles. The highest BCUT2D eigenvalue weighted by Gasteiger charge is 2.27. The Morgan fingerprint density at radius 1 is 0.950 bits per heavy atom. The van der Waals surface area contributed by atoms with Gasteiger partial charge in [-0.3, -0.25) is 4.79 Å². The Morgan fingerprint density at radius 2 is 1.85 bits per heavy atom. The lowest BCUT2D eigenvalue weighted by Gasteiger charge is -2.01. The lowest BCUT2D eigenvalue weighted by atomic mass is 10.0. The number of fused-ring (bicyclic) bond motifs is 3. The maximum absolute atomic E-state index is 12.7. The molecule has 1 nitrogen and oxygen atoms in total. The Balaban J connectivity index is 1.89. The zero-order valence-electron chi connectivity index (χ0n) is 10.5. The number of rotatable bonds is 1. The molecular weight excluding hydrogens is 284 g/mol. The maximum Gasteiger partial charge on any atom is 0.201 e. The Kier molecular flexibility index (Phi) is 2.76. The van der Waals surface area contributed by atoms with E-state index in [2.05, 4.69) is 18.2 Å². The number of carbonyl (C=O) groups is 1. The maximum atomic E-state index is 12.7. The van der Waals surface area contributed by atoms with Crippen LogP contribution in [-0.4, -0.2) is 5.78 Å². The van der Waals surface area contributed by atoms with Crippen molar-refractivity contribution in [2.45, 2.75) is 4.90 Å². The van der Waals surface area contributed by atoms with E-state index in [1.807, 2.05) is 41.8 Å². The first-order valence-electron chi connectivity index (χ1n) is 6.32. The normalized spacial score (nSPS) is 16.0. The number of benzene rings is 2. The standard InChI is InChI=1S/C17H10OS2/c18-17-15(10-12-5-3-9-19-12)20-14-8-7-11-4-1-2-6-13(11)16(14)17/h1-10H/b15-10-. The van der Waals surface area contributed by atoms with E-state index in [0.29, 0.717) is 0 Å². The van der Waals surface area contributed by atoms with E-state index >= 15 is 0 Å². The summed E-state index contributed by atoms with van der Waals surface area (Å²) in [6.45, 7) is 0. The average molecular weight is 294 g/mol. The van der Waals surface area contributed by atoms with Crippen molar-refractivity contribution in [3.05, 3.63) is 69.3 Å². The third-order valence-corrected chi connectivity index (χ3v) is 5.28. The second-order valence-electron chi connectivity index (χ2n) is 4.62. The predicted molar refractivity (Wildman–Crippen MR) is 86.4 cm³/mol. The van der Waals surface area contributed by atoms with Crippen LogP contribution in [0.2, 0.25) is 0 Å². The molecule has 96 valence electrons. The molecule has 1 aliphatic rings. The largest absolute Gasteiger partial charge is 0.288 e. The van der Waals surface area contributed by atoms with Gasteiger partial charge in [-0.15, -0.1) is 11.3 Å². The van der Waals surface area contributed by atoms with Crippen molar-refractivity contribution in [3.8, 4) is 0 Å². The molecule has 2 aromatic carbocycles. The summed E-state index contributed by atoms with van der Waals surface area (Å²) in [4.78, 5) is 15.7. The molecule has 0 amide bonds. The van der Waals surface area contributed by atoms with Crippen LogP contribution in [0.15, 0.2) is 63.7 Å². The van der Waals surface area contributed by atoms with Crippen LogP contribution in [0.4, 0.5) is 0 Å². The van der Waals surface area contributed by atoms with Crippen molar-refractivity contribution < 1.29 is 4.79 Å². The van der Waals surface area contributed by atoms with Crippen LogP contribution in [0, 0.1) is 0 Å². The van der Waals surface area contributed by atoms with Crippen molar-refractivity contribution in [3.63, 3.8) is 0 Å². The van der Waals surface area contributed by atoms with Crippen molar-refractivity contribution in [2.24, 2.45) is 0 Å². The molecule has 0 radical (unpaired) electrons. The van der Waals surface area contributed by atoms with Gasteiger partial charge in [0.15, 0.2) is 0 Å². The Bertz CT molecular complexity index is 845. The van der Waals surface area contributed by atoms with E-state index in [1.165, 1.54) is 0 Å². The molecule has 4 rings (SSSR count). The molecule has 2 heterocycles. The van der Waals surface area contributed by atoms with Crippen LogP contribution >= 0.6 is 23.1 Å². The molecule has 0 fully saturated rings. The molecule has 3 aromatic rings. The van der Waals surface area contributed by atoms with Gasteiger partial charge < -0.3 is 0 Å². The lowest BCUT2D eigenvalue weighted by Crippen LogP contribution is -1.95. The summed E-state index contributed by atoms with van der Waals surface area (Å²) in [6.07, 6.45) is 1.99. The molecule has 20 heavy (non-hydrogen) atoms. The van der Waals surface area contributed by atoms with E-state index in [1.54, 1.807) is 23.1 Å². The summed E-state index contributed by atoms with van der Waals surface area (Å²) in [7, 11) is 0. The van der Waals surface area contributed by atoms with E-state index < -0.39 is 0 Å². The first kappa shape index (κ1) is 11.9. The summed E-state index contributed by atoms with van der Waals surface area (Å²) in [5.41, 5.74) is 0.857. The number of thiophene rings is 1. The predicted octanol–water partition coefficient (Wildman–Crippen LogP) is 5.23. The topological polar surface area (TPSA) is 17.1 Å². The van der Waals surface area contributed by atoms with E-state index in [0.717, 1.165) is 31.0 Å². The number of carbonyl (C=O) groups excluding carboxylic acids is 1. The molecule has 0 spiro atoms. The molecule has 0 atom stereocenters. The van der Waals surface area contributed by atoms with Crippen LogP contribution in [-0.2, 0) is 0 Å². The molecular formula is C17H10OS2. The number of allylic oxidation sites excluding steroid dienone is 1. The van der Waals surface area contributed by atoms with Gasteiger partial charge >= 0.3 is 0 Å². The number of hydrogen-bond acceptors (Lipinski definition) is 3. The summed E-state index contributed by atoms with van der Waals surface area (Å²) < 4.78 is 0. The number of ketones is 1. The van der Waals surface area contributed by atoms with Crippen molar-refractivity contribution in [2.75, 3.05) is 0 Å². The van der Waals surface area contributed by atoms with Gasteiger partial charge in [-0.25, -0.2) is 0 Å². The Morgan fingerprint density at radius 3 is 2.70 bits per heavy atom. The smallest absolute Gasteiger partial charge is 0.201 e. The van der Waals surface area contributed by atoms with Crippen LogP contribution in [0.25, 0.3) is 16.8 Å². The highest BCUT2D eigenvalue weighted by atomic mass is 32.2. The molecule has 0 aliphatic carbocycles. The summed E-state index contributed by atoms with van der Waals surface area (Å²) in [6, 6.07) is 16.2. The van der Waals surface area contributed by atoms with Gasteiger partial charge in [0.05, 0.1) is 4.91 Å². The molecule has 3 heteroatoms. The lowest BCUT2D eigenvalue weighted by molar-refractivity contribution is 0.104. The third-order valence-electron chi connectivity index (χ3n) is 3.38. The van der Waals surface area contributed by atoms with Crippen molar-refractivity contribution in [1.29, 1.82) is 0 Å². The minimum Gasteiger partial charge on any atom is -0.288 e. The minimum atomic E-state index is 0.148. The summed E-state index contributed by atoms with van der Waals surface area (Å²) >= 11 is 3.23. The van der Waals surface area contributed by atoms with Gasteiger partial charge in [0.2, 0.25) is 5.78 Å². The Hall–Kier alpha value is -1.84. The second kappa shape index (κ2) is 4.62. The molecule has 0 saturated heterocycles. The fourth-order valence-electron chi connectivity index (χ4n) is 2.46. The van der Waals surface area contributed by atoms with Crippen LogP contribution in [0.3, 0.4) is 0 Å². The summed E-state index contributed by atoms with van der Waals surface area (Å²) in [5.74, 6) is 0.148. The van der Waals surface area contributed by atoms with E-state index in [4.69, 9.17) is 0 Å². The number of Topliss-reactive ketones (excluding diaryl/α,β-unsaturated/α-hetero) is 1. The first-order chi connectivity index (χ1) is 9.83. The van der Waals surface area contributed by atoms with Crippen molar-refractivity contribution in [1.82, 2.24) is 0 Å². The molecule has 0 unspecified atom stereocenters. The van der Waals surface area contributed by atoms with Crippen LogP contribution < -0.4 is 0 Å². The van der Waals surface area contributed by atoms with Gasteiger partial charge in [-0.05, 0) is 34.4 Å². The van der Waals surface area contributed by atoms with Crippen LogP contribution in [0.1, 0.15) is 15.2 Å². The zero-order chi connectivity index (χ0) is 13.5.